The zero-order valence-electron chi connectivity index (χ0n) is 12.6. The summed E-state index contributed by atoms with van der Waals surface area (Å²) in [6.45, 7) is 0. The summed E-state index contributed by atoms with van der Waals surface area (Å²) in [5.74, 6) is -0.246. The van der Waals surface area contributed by atoms with Gasteiger partial charge in [0.05, 0.1) is 12.0 Å². The molecule has 0 aromatic heterocycles. The van der Waals surface area contributed by atoms with Crippen LogP contribution in [0.3, 0.4) is 0 Å². The third-order valence-electron chi connectivity index (χ3n) is 4.34. The van der Waals surface area contributed by atoms with Gasteiger partial charge in [-0.3, -0.25) is 0 Å². The highest BCUT2D eigenvalue weighted by Gasteiger charge is 2.14. The number of rotatable bonds is 2. The fourth-order valence-electron chi connectivity index (χ4n) is 3.12. The minimum atomic E-state index is -0.246. The first-order chi connectivity index (χ1) is 11.3. The van der Waals surface area contributed by atoms with Crippen LogP contribution in [0.1, 0.15) is 17.0 Å². The van der Waals surface area contributed by atoms with E-state index in [9.17, 15) is 5.26 Å². The van der Waals surface area contributed by atoms with Crippen molar-refractivity contribution < 1.29 is 0 Å². The Kier molecular flexibility index (Phi) is 3.29. The maximum atomic E-state index is 9.73. The summed E-state index contributed by atoms with van der Waals surface area (Å²) in [5.41, 5.74) is 2.09. The molecule has 0 aliphatic rings. The minimum absolute atomic E-state index is 0.246. The van der Waals surface area contributed by atoms with Crippen molar-refractivity contribution in [3.63, 3.8) is 0 Å². The molecule has 23 heavy (non-hydrogen) atoms. The first kappa shape index (κ1) is 13.5. The monoisotopic (exact) mass is 293 g/mol. The Balaban J connectivity index is 1.83. The Hall–Kier alpha value is -3.11. The zero-order chi connectivity index (χ0) is 15.6. The molecule has 0 aliphatic carbocycles. The topological polar surface area (TPSA) is 23.8 Å². The molecule has 1 nitrogen and oxygen atoms in total. The van der Waals surface area contributed by atoms with E-state index in [-0.39, 0.29) is 5.92 Å². The van der Waals surface area contributed by atoms with Crippen LogP contribution in [-0.4, -0.2) is 0 Å². The molecule has 0 amide bonds. The predicted octanol–water partition coefficient (Wildman–Crippen LogP) is 5.65. The Morgan fingerprint density at radius 3 is 1.43 bits per heavy atom. The molecule has 0 heterocycles. The van der Waals surface area contributed by atoms with Gasteiger partial charge in [0.1, 0.15) is 0 Å². The maximum Gasteiger partial charge on any atom is 0.0963 e. The van der Waals surface area contributed by atoms with Gasteiger partial charge in [0, 0.05) is 0 Å². The van der Waals surface area contributed by atoms with Crippen LogP contribution in [-0.2, 0) is 0 Å². The van der Waals surface area contributed by atoms with Crippen molar-refractivity contribution in [2.45, 2.75) is 5.92 Å². The van der Waals surface area contributed by atoms with E-state index in [2.05, 4.69) is 66.7 Å². The number of nitrogens with zero attached hydrogens (tertiary/aromatic N) is 1. The second-order valence-electron chi connectivity index (χ2n) is 5.78. The van der Waals surface area contributed by atoms with E-state index in [0.717, 1.165) is 11.1 Å². The molecule has 0 saturated heterocycles. The first-order valence-electron chi connectivity index (χ1n) is 7.72. The van der Waals surface area contributed by atoms with Gasteiger partial charge >= 0.3 is 0 Å². The molecule has 1 heteroatoms. The van der Waals surface area contributed by atoms with Crippen LogP contribution in [0.15, 0.2) is 84.9 Å². The average molecular weight is 293 g/mol. The summed E-state index contributed by atoms with van der Waals surface area (Å²) >= 11 is 0. The highest BCUT2D eigenvalue weighted by molar-refractivity contribution is 5.85. The third-order valence-corrected chi connectivity index (χ3v) is 4.34. The first-order valence-corrected chi connectivity index (χ1v) is 7.72. The zero-order valence-corrected chi connectivity index (χ0v) is 12.6. The van der Waals surface area contributed by atoms with E-state index in [1.54, 1.807) is 0 Å². The van der Waals surface area contributed by atoms with Crippen molar-refractivity contribution in [2.75, 3.05) is 0 Å². The standard InChI is InChI=1S/C22H15N/c23-15-22(20-11-9-16-5-1-3-7-18(16)13-20)21-12-10-17-6-2-4-8-19(17)14-21/h1-14,22H. The lowest BCUT2D eigenvalue weighted by Crippen LogP contribution is -1.98. The molecule has 4 rings (SSSR count). The van der Waals surface area contributed by atoms with Crippen molar-refractivity contribution in [3.8, 4) is 6.07 Å². The maximum absolute atomic E-state index is 9.73. The average Bonchev–Trinajstić information content (AvgIpc) is 2.62. The van der Waals surface area contributed by atoms with Crippen LogP contribution in [0.25, 0.3) is 21.5 Å². The third kappa shape index (κ3) is 2.45. The van der Waals surface area contributed by atoms with E-state index < -0.39 is 0 Å². The van der Waals surface area contributed by atoms with Crippen LogP contribution >= 0.6 is 0 Å². The summed E-state index contributed by atoms with van der Waals surface area (Å²) in [6.07, 6.45) is 0. The van der Waals surface area contributed by atoms with Crippen LogP contribution in [0, 0.1) is 11.3 Å². The SMILES string of the molecule is N#CC(c1ccc2ccccc2c1)c1ccc2ccccc2c1. The van der Waals surface area contributed by atoms with E-state index in [0.29, 0.717) is 0 Å². The summed E-state index contributed by atoms with van der Waals surface area (Å²) in [7, 11) is 0. The second kappa shape index (κ2) is 5.59. The molecule has 0 atom stereocenters. The van der Waals surface area contributed by atoms with Gasteiger partial charge in [0.2, 0.25) is 0 Å². The Bertz CT molecular complexity index is 961. The number of nitriles is 1. The van der Waals surface area contributed by atoms with E-state index >= 15 is 0 Å². The van der Waals surface area contributed by atoms with Gasteiger partial charge in [-0.2, -0.15) is 5.26 Å². The molecule has 0 unspecified atom stereocenters. The van der Waals surface area contributed by atoms with Crippen LogP contribution < -0.4 is 0 Å². The van der Waals surface area contributed by atoms with Crippen molar-refractivity contribution >= 4 is 21.5 Å². The molecule has 4 aromatic rings. The van der Waals surface area contributed by atoms with Gasteiger partial charge in [-0.15, -0.1) is 0 Å². The number of hydrogen-bond acceptors (Lipinski definition) is 1. The summed E-state index contributed by atoms with van der Waals surface area (Å²) in [6, 6.07) is 31.5. The molecule has 0 bridgehead atoms. The number of benzene rings is 4. The Morgan fingerprint density at radius 1 is 0.565 bits per heavy atom. The molecular formula is C22H15N. The molecule has 0 spiro atoms. The smallest absolute Gasteiger partial charge is 0.0963 e. The lowest BCUT2D eigenvalue weighted by Gasteiger charge is -2.12. The van der Waals surface area contributed by atoms with E-state index in [4.69, 9.17) is 0 Å². The van der Waals surface area contributed by atoms with Crippen molar-refractivity contribution in [1.29, 1.82) is 5.26 Å². The fourth-order valence-corrected chi connectivity index (χ4v) is 3.12. The number of hydrogen-bond donors (Lipinski definition) is 0. The minimum Gasteiger partial charge on any atom is -0.197 e. The number of fused-ring (bicyclic) bond motifs is 2. The van der Waals surface area contributed by atoms with Crippen molar-refractivity contribution in [1.82, 2.24) is 0 Å². The molecule has 0 aliphatic heterocycles. The van der Waals surface area contributed by atoms with Gasteiger partial charge in [-0.1, -0.05) is 72.8 Å². The molecule has 0 N–H and O–H groups in total. The normalized spacial score (nSPS) is 11.0. The molecule has 0 fully saturated rings. The van der Waals surface area contributed by atoms with Gasteiger partial charge in [-0.05, 0) is 44.8 Å². The van der Waals surface area contributed by atoms with Crippen molar-refractivity contribution in [2.24, 2.45) is 0 Å². The Labute approximate surface area is 135 Å². The largest absolute Gasteiger partial charge is 0.197 e. The van der Waals surface area contributed by atoms with Gasteiger partial charge in [-0.25, -0.2) is 0 Å². The Morgan fingerprint density at radius 2 is 1.00 bits per heavy atom. The quantitative estimate of drug-likeness (QED) is 0.468. The summed E-state index contributed by atoms with van der Waals surface area (Å²) in [4.78, 5) is 0. The van der Waals surface area contributed by atoms with Gasteiger partial charge < -0.3 is 0 Å². The molecule has 0 radical (unpaired) electrons. The van der Waals surface area contributed by atoms with Crippen LogP contribution in [0.4, 0.5) is 0 Å². The highest BCUT2D eigenvalue weighted by atomic mass is 14.3. The molecular weight excluding hydrogens is 278 g/mol. The molecule has 4 aromatic carbocycles. The van der Waals surface area contributed by atoms with Gasteiger partial charge in [0.25, 0.3) is 0 Å². The molecule has 108 valence electrons. The van der Waals surface area contributed by atoms with Crippen LogP contribution in [0.2, 0.25) is 0 Å². The summed E-state index contributed by atoms with van der Waals surface area (Å²) < 4.78 is 0. The fraction of sp³-hybridized carbons (Fsp3) is 0.0455. The van der Waals surface area contributed by atoms with Crippen molar-refractivity contribution in [3.05, 3.63) is 96.1 Å². The molecule has 0 saturated carbocycles. The van der Waals surface area contributed by atoms with Gasteiger partial charge in [0.15, 0.2) is 0 Å². The summed E-state index contributed by atoms with van der Waals surface area (Å²) in [5, 5.41) is 14.5. The van der Waals surface area contributed by atoms with E-state index in [1.807, 2.05) is 24.3 Å². The predicted molar refractivity (Wildman–Crippen MR) is 95.4 cm³/mol. The lowest BCUT2D eigenvalue weighted by molar-refractivity contribution is 1.05. The lowest BCUT2D eigenvalue weighted by atomic mass is 9.90. The van der Waals surface area contributed by atoms with Crippen LogP contribution in [0.5, 0.6) is 0 Å². The van der Waals surface area contributed by atoms with E-state index in [1.165, 1.54) is 21.5 Å². The highest BCUT2D eigenvalue weighted by Crippen LogP contribution is 2.29. The second-order valence-corrected chi connectivity index (χ2v) is 5.78.